The highest BCUT2D eigenvalue weighted by molar-refractivity contribution is 5.99. The van der Waals surface area contributed by atoms with Crippen LogP contribution in [0.2, 0.25) is 0 Å². The lowest BCUT2D eigenvalue weighted by Gasteiger charge is -2.53. The van der Waals surface area contributed by atoms with E-state index in [9.17, 15) is 24.6 Å². The van der Waals surface area contributed by atoms with Crippen molar-refractivity contribution in [3.8, 4) is 0 Å². The molecule has 2 aliphatic rings. The standard InChI is InChI=1S/C16H21N5O5/c1-10(22)12(13(23)19-8-11-17-5-3-6-18-11)20-9-16(14(20)24)4-2-7-21(16)15(25)26/h3,5-6,10,12,22H,2,4,7-9H2,1H3,(H,19,23)(H,25,26)/t10-,12+,16?/m1/s1. The number of aromatic nitrogens is 2. The number of likely N-dealkylation sites (tertiary alicyclic amines) is 2. The molecule has 10 nitrogen and oxygen atoms in total. The van der Waals surface area contributed by atoms with Gasteiger partial charge < -0.3 is 20.4 Å². The summed E-state index contributed by atoms with van der Waals surface area (Å²) in [4.78, 5) is 47.0. The van der Waals surface area contributed by atoms with Crippen molar-refractivity contribution in [1.29, 1.82) is 0 Å². The first-order valence-corrected chi connectivity index (χ1v) is 8.40. The van der Waals surface area contributed by atoms with Gasteiger partial charge in [-0.25, -0.2) is 14.8 Å². The van der Waals surface area contributed by atoms with E-state index in [0.29, 0.717) is 25.2 Å². The fourth-order valence-electron chi connectivity index (χ4n) is 3.68. The second kappa shape index (κ2) is 6.87. The van der Waals surface area contributed by atoms with Crippen molar-refractivity contribution in [1.82, 2.24) is 25.1 Å². The fraction of sp³-hybridized carbons (Fsp3) is 0.562. The predicted molar refractivity (Wildman–Crippen MR) is 87.8 cm³/mol. The zero-order chi connectivity index (χ0) is 18.9. The average molecular weight is 363 g/mol. The molecule has 3 N–H and O–H groups in total. The molecule has 0 radical (unpaired) electrons. The molecule has 3 heterocycles. The Bertz CT molecular complexity index is 712. The molecule has 1 aromatic rings. The maximum absolute atomic E-state index is 12.7. The summed E-state index contributed by atoms with van der Waals surface area (Å²) in [7, 11) is 0. The van der Waals surface area contributed by atoms with Crippen LogP contribution in [0.3, 0.4) is 0 Å². The Kier molecular flexibility index (Phi) is 4.77. The molecule has 3 rings (SSSR count). The number of rotatable bonds is 5. The SMILES string of the molecule is C[C@@H](O)[C@@H](C(=O)NCc1ncccn1)N1CC2(CCCN2C(=O)O)C1=O. The van der Waals surface area contributed by atoms with Crippen LogP contribution in [0, 0.1) is 0 Å². The summed E-state index contributed by atoms with van der Waals surface area (Å²) < 4.78 is 0. The van der Waals surface area contributed by atoms with Crippen LogP contribution < -0.4 is 5.32 Å². The van der Waals surface area contributed by atoms with Crippen LogP contribution in [-0.4, -0.2) is 78.7 Å². The number of hydrogen-bond donors (Lipinski definition) is 3. The van der Waals surface area contributed by atoms with Crippen molar-refractivity contribution in [3.05, 3.63) is 24.3 Å². The van der Waals surface area contributed by atoms with Crippen molar-refractivity contribution in [3.63, 3.8) is 0 Å². The molecular weight excluding hydrogens is 342 g/mol. The fourth-order valence-corrected chi connectivity index (χ4v) is 3.68. The van der Waals surface area contributed by atoms with Crippen LogP contribution in [0.5, 0.6) is 0 Å². The van der Waals surface area contributed by atoms with Gasteiger partial charge in [0.25, 0.3) is 5.91 Å². The van der Waals surface area contributed by atoms with E-state index in [2.05, 4.69) is 15.3 Å². The molecule has 2 aliphatic heterocycles. The largest absolute Gasteiger partial charge is 0.465 e. The number of amides is 3. The maximum Gasteiger partial charge on any atom is 0.408 e. The average Bonchev–Trinajstić information content (AvgIpc) is 3.07. The van der Waals surface area contributed by atoms with Gasteiger partial charge >= 0.3 is 6.09 Å². The predicted octanol–water partition coefficient (Wildman–Crippen LogP) is -0.803. The molecule has 10 heteroatoms. The third-order valence-electron chi connectivity index (χ3n) is 4.91. The quantitative estimate of drug-likeness (QED) is 0.583. The van der Waals surface area contributed by atoms with E-state index in [-0.39, 0.29) is 13.1 Å². The summed E-state index contributed by atoms with van der Waals surface area (Å²) in [6.45, 7) is 1.89. The van der Waals surface area contributed by atoms with Gasteiger partial charge in [-0.1, -0.05) is 0 Å². The molecule has 0 saturated carbocycles. The van der Waals surface area contributed by atoms with E-state index >= 15 is 0 Å². The van der Waals surface area contributed by atoms with E-state index in [1.54, 1.807) is 18.5 Å². The van der Waals surface area contributed by atoms with E-state index < -0.39 is 35.6 Å². The molecule has 1 unspecified atom stereocenters. The number of carbonyl (C=O) groups excluding carboxylic acids is 2. The van der Waals surface area contributed by atoms with Gasteiger partial charge in [0.15, 0.2) is 0 Å². The summed E-state index contributed by atoms with van der Waals surface area (Å²) in [6.07, 6.45) is 1.87. The second-order valence-electron chi connectivity index (χ2n) is 6.57. The van der Waals surface area contributed by atoms with Crippen LogP contribution in [0.1, 0.15) is 25.6 Å². The van der Waals surface area contributed by atoms with Crippen LogP contribution in [0.25, 0.3) is 0 Å². The molecule has 0 aliphatic carbocycles. The van der Waals surface area contributed by atoms with Crippen LogP contribution in [-0.2, 0) is 16.1 Å². The number of hydrogen-bond acceptors (Lipinski definition) is 6. The van der Waals surface area contributed by atoms with Crippen molar-refractivity contribution >= 4 is 17.9 Å². The first-order valence-electron chi connectivity index (χ1n) is 8.40. The zero-order valence-corrected chi connectivity index (χ0v) is 14.3. The van der Waals surface area contributed by atoms with Crippen LogP contribution >= 0.6 is 0 Å². The van der Waals surface area contributed by atoms with Gasteiger partial charge in [0, 0.05) is 18.9 Å². The zero-order valence-electron chi connectivity index (χ0n) is 14.3. The second-order valence-corrected chi connectivity index (χ2v) is 6.57. The molecule has 140 valence electrons. The number of aliphatic hydroxyl groups is 1. The number of nitrogens with one attached hydrogen (secondary N) is 1. The minimum absolute atomic E-state index is 0.0668. The topological polar surface area (TPSA) is 136 Å². The molecule has 26 heavy (non-hydrogen) atoms. The summed E-state index contributed by atoms with van der Waals surface area (Å²) >= 11 is 0. The van der Waals surface area contributed by atoms with Gasteiger partial charge in [0.1, 0.15) is 17.4 Å². The Hall–Kier alpha value is -2.75. The van der Waals surface area contributed by atoms with Gasteiger partial charge in [0.05, 0.1) is 19.2 Å². The van der Waals surface area contributed by atoms with Gasteiger partial charge in [-0.05, 0) is 25.8 Å². The van der Waals surface area contributed by atoms with Crippen molar-refractivity contribution in [2.24, 2.45) is 0 Å². The minimum Gasteiger partial charge on any atom is -0.465 e. The molecule has 2 fully saturated rings. The van der Waals surface area contributed by atoms with Crippen molar-refractivity contribution in [2.75, 3.05) is 13.1 Å². The Morgan fingerprint density at radius 1 is 1.38 bits per heavy atom. The number of nitrogens with zero attached hydrogens (tertiary/aromatic N) is 4. The van der Waals surface area contributed by atoms with E-state index in [4.69, 9.17) is 0 Å². The van der Waals surface area contributed by atoms with E-state index in [0.717, 1.165) is 4.90 Å². The number of β-lactam (4-membered cyclic amide) rings is 1. The maximum atomic E-state index is 12.7. The van der Waals surface area contributed by atoms with Gasteiger partial charge in [0.2, 0.25) is 5.91 Å². The molecule has 1 aromatic heterocycles. The highest BCUT2D eigenvalue weighted by Crippen LogP contribution is 2.40. The van der Waals surface area contributed by atoms with Crippen molar-refractivity contribution in [2.45, 2.75) is 44.0 Å². The highest BCUT2D eigenvalue weighted by atomic mass is 16.4. The third kappa shape index (κ3) is 2.96. The monoisotopic (exact) mass is 363 g/mol. The van der Waals surface area contributed by atoms with Gasteiger partial charge in [-0.15, -0.1) is 0 Å². The van der Waals surface area contributed by atoms with Crippen molar-refractivity contribution < 1.29 is 24.6 Å². The van der Waals surface area contributed by atoms with Crippen LogP contribution in [0.15, 0.2) is 18.5 Å². The first-order chi connectivity index (χ1) is 12.4. The summed E-state index contributed by atoms with van der Waals surface area (Å²) in [5, 5.41) is 21.9. The molecular formula is C16H21N5O5. The normalized spacial score (nSPS) is 24.3. The molecule has 3 amide bonds. The Morgan fingerprint density at radius 2 is 2.08 bits per heavy atom. The number of aliphatic hydroxyl groups excluding tert-OH is 1. The molecule has 1 spiro atoms. The summed E-state index contributed by atoms with van der Waals surface area (Å²) in [5.74, 6) is -0.561. The third-order valence-corrected chi connectivity index (χ3v) is 4.91. The Morgan fingerprint density at radius 3 is 2.65 bits per heavy atom. The first kappa shape index (κ1) is 18.1. The molecule has 0 bridgehead atoms. The van der Waals surface area contributed by atoms with Gasteiger partial charge in [-0.2, -0.15) is 0 Å². The molecule has 2 saturated heterocycles. The lowest BCUT2D eigenvalue weighted by atomic mass is 9.83. The molecule has 0 aromatic carbocycles. The number of carbonyl (C=O) groups is 3. The van der Waals surface area contributed by atoms with Gasteiger partial charge in [-0.3, -0.25) is 14.5 Å². The number of carboxylic acid groups (broad SMARTS) is 1. The lowest BCUT2D eigenvalue weighted by molar-refractivity contribution is -0.171. The Labute approximate surface area is 149 Å². The summed E-state index contributed by atoms with van der Waals surface area (Å²) in [6, 6.07) is 0.561. The minimum atomic E-state index is -1.14. The summed E-state index contributed by atoms with van der Waals surface area (Å²) in [5.41, 5.74) is -1.10. The van der Waals surface area contributed by atoms with Crippen LogP contribution in [0.4, 0.5) is 4.79 Å². The smallest absolute Gasteiger partial charge is 0.408 e. The highest BCUT2D eigenvalue weighted by Gasteiger charge is 2.62. The molecule has 3 atom stereocenters. The lowest BCUT2D eigenvalue weighted by Crippen LogP contribution is -2.77. The Balaban J connectivity index is 1.68. The van der Waals surface area contributed by atoms with E-state index in [1.807, 2.05) is 0 Å². The van der Waals surface area contributed by atoms with E-state index in [1.165, 1.54) is 11.8 Å².